The number of carbonyl (C=O) groups is 1. The molecule has 0 spiro atoms. The van der Waals surface area contributed by atoms with Crippen LogP contribution in [0.15, 0.2) is 24.3 Å². The molecular weight excluding hydrogens is 296 g/mol. The molecule has 0 fully saturated rings. The van der Waals surface area contributed by atoms with Crippen LogP contribution in [0.25, 0.3) is 11.6 Å². The van der Waals surface area contributed by atoms with Gasteiger partial charge in [-0.25, -0.2) is 0 Å². The van der Waals surface area contributed by atoms with Crippen molar-refractivity contribution in [3.63, 3.8) is 0 Å². The highest BCUT2D eigenvalue weighted by atomic mass is 16.2. The fraction of sp³-hybridized carbons (Fsp3) is 0.381. The summed E-state index contributed by atoms with van der Waals surface area (Å²) in [6, 6.07) is 8.49. The van der Waals surface area contributed by atoms with E-state index in [1.165, 1.54) is 36.1 Å². The molecule has 3 heteroatoms. The van der Waals surface area contributed by atoms with E-state index < -0.39 is 0 Å². The summed E-state index contributed by atoms with van der Waals surface area (Å²) in [5.74, 6) is 0.659. The first-order chi connectivity index (χ1) is 11.7. The number of nitrogens with one attached hydrogen (secondary N) is 2. The molecule has 1 aromatic carbocycles. The monoisotopic (exact) mass is 320 g/mol. The number of amides is 1. The van der Waals surface area contributed by atoms with Crippen LogP contribution in [-0.4, -0.2) is 10.9 Å². The van der Waals surface area contributed by atoms with Crippen LogP contribution >= 0.6 is 0 Å². The van der Waals surface area contributed by atoms with Gasteiger partial charge in [0.2, 0.25) is 0 Å². The topological polar surface area (TPSA) is 44.9 Å². The first-order valence-electron chi connectivity index (χ1n) is 9.07. The molecule has 0 radical (unpaired) electrons. The third kappa shape index (κ3) is 2.48. The molecule has 1 unspecified atom stereocenters. The number of rotatable bonds is 3. The van der Waals surface area contributed by atoms with Crippen LogP contribution in [0.3, 0.4) is 0 Å². The van der Waals surface area contributed by atoms with E-state index >= 15 is 0 Å². The molecule has 0 saturated heterocycles. The zero-order valence-corrected chi connectivity index (χ0v) is 14.4. The average Bonchev–Trinajstić information content (AvgIpc) is 3.15. The highest BCUT2D eigenvalue weighted by Gasteiger charge is 2.25. The number of carbonyl (C=O) groups excluding carboxylic acids is 1. The van der Waals surface area contributed by atoms with Crippen LogP contribution in [0.5, 0.6) is 0 Å². The van der Waals surface area contributed by atoms with Crippen molar-refractivity contribution < 1.29 is 4.79 Å². The van der Waals surface area contributed by atoms with Crippen molar-refractivity contribution in [3.05, 3.63) is 52.3 Å². The second-order valence-electron chi connectivity index (χ2n) is 6.90. The fourth-order valence-electron chi connectivity index (χ4n) is 4.04. The maximum Gasteiger partial charge on any atom is 0.256 e. The first-order valence-corrected chi connectivity index (χ1v) is 9.07. The normalized spacial score (nSPS) is 20.8. The van der Waals surface area contributed by atoms with Gasteiger partial charge in [0.15, 0.2) is 0 Å². The fourth-order valence-corrected chi connectivity index (χ4v) is 4.04. The number of fused-ring (bicyclic) bond motifs is 2. The Bertz CT molecular complexity index is 828. The van der Waals surface area contributed by atoms with Gasteiger partial charge in [0.1, 0.15) is 0 Å². The minimum Gasteiger partial charge on any atom is -0.359 e. The number of aromatic amines is 1. The summed E-state index contributed by atoms with van der Waals surface area (Å²) >= 11 is 0. The summed E-state index contributed by atoms with van der Waals surface area (Å²) < 4.78 is 0. The lowest BCUT2D eigenvalue weighted by Crippen LogP contribution is -2.07. The number of H-pyrrole nitrogens is 1. The number of aryl methyl sites for hydroxylation is 2. The maximum absolute atomic E-state index is 12.4. The van der Waals surface area contributed by atoms with Crippen LogP contribution in [-0.2, 0) is 17.6 Å². The third-order valence-electron chi connectivity index (χ3n) is 5.44. The zero-order chi connectivity index (χ0) is 16.7. The predicted molar refractivity (Wildman–Crippen MR) is 99.1 cm³/mol. The number of hydrogen-bond acceptors (Lipinski definition) is 1. The van der Waals surface area contributed by atoms with Crippen LogP contribution in [0.1, 0.15) is 67.1 Å². The van der Waals surface area contributed by atoms with Gasteiger partial charge in [-0.1, -0.05) is 19.9 Å². The average molecular weight is 320 g/mol. The van der Waals surface area contributed by atoms with E-state index in [2.05, 4.69) is 42.3 Å². The van der Waals surface area contributed by atoms with Crippen LogP contribution < -0.4 is 5.32 Å². The van der Waals surface area contributed by atoms with Gasteiger partial charge in [-0.2, -0.15) is 0 Å². The summed E-state index contributed by atoms with van der Waals surface area (Å²) in [7, 11) is 0. The SMILES string of the molecule is CCc1ccc2c(c1)C(=Cc1cc3c([nH]1)CCCC3CC)C(=O)N2. The van der Waals surface area contributed by atoms with Crippen molar-refractivity contribution in [2.24, 2.45) is 0 Å². The summed E-state index contributed by atoms with van der Waals surface area (Å²) in [4.78, 5) is 16.0. The summed E-state index contributed by atoms with van der Waals surface area (Å²) in [5.41, 5.74) is 7.85. The molecule has 1 aromatic heterocycles. The first kappa shape index (κ1) is 15.3. The Balaban J connectivity index is 1.75. The second-order valence-corrected chi connectivity index (χ2v) is 6.90. The molecule has 3 nitrogen and oxygen atoms in total. The highest BCUT2D eigenvalue weighted by molar-refractivity contribution is 6.34. The van der Waals surface area contributed by atoms with Gasteiger partial charge in [0.25, 0.3) is 5.91 Å². The number of aromatic nitrogens is 1. The zero-order valence-electron chi connectivity index (χ0n) is 14.4. The molecule has 0 saturated carbocycles. The van der Waals surface area contributed by atoms with E-state index in [0.717, 1.165) is 35.4 Å². The maximum atomic E-state index is 12.4. The van der Waals surface area contributed by atoms with Crippen LogP contribution in [0, 0.1) is 0 Å². The quantitative estimate of drug-likeness (QED) is 0.776. The predicted octanol–water partition coefficient (Wildman–Crippen LogP) is 4.90. The lowest BCUT2D eigenvalue weighted by atomic mass is 9.85. The lowest BCUT2D eigenvalue weighted by molar-refractivity contribution is -0.110. The van der Waals surface area contributed by atoms with Gasteiger partial charge in [-0.05, 0) is 73.4 Å². The summed E-state index contributed by atoms with van der Waals surface area (Å²) in [6.07, 6.45) is 7.84. The molecule has 2 N–H and O–H groups in total. The van der Waals surface area contributed by atoms with E-state index in [1.807, 2.05) is 12.1 Å². The van der Waals surface area contributed by atoms with Crippen molar-refractivity contribution >= 4 is 23.2 Å². The molecular formula is C21H24N2O. The smallest absolute Gasteiger partial charge is 0.256 e. The number of benzene rings is 1. The van der Waals surface area contributed by atoms with E-state index in [0.29, 0.717) is 5.92 Å². The van der Waals surface area contributed by atoms with E-state index in [4.69, 9.17) is 0 Å². The van der Waals surface area contributed by atoms with Crippen molar-refractivity contribution in [1.82, 2.24) is 4.98 Å². The van der Waals surface area contributed by atoms with Gasteiger partial charge >= 0.3 is 0 Å². The Morgan fingerprint density at radius 1 is 1.25 bits per heavy atom. The van der Waals surface area contributed by atoms with Gasteiger partial charge in [-0.15, -0.1) is 0 Å². The van der Waals surface area contributed by atoms with Crippen molar-refractivity contribution in [2.75, 3.05) is 5.32 Å². The minimum atomic E-state index is -0.00198. The molecule has 2 heterocycles. The largest absolute Gasteiger partial charge is 0.359 e. The van der Waals surface area contributed by atoms with E-state index in [-0.39, 0.29) is 5.91 Å². The number of anilines is 1. The Labute approximate surface area is 143 Å². The lowest BCUT2D eigenvalue weighted by Gasteiger charge is -2.20. The molecule has 1 atom stereocenters. The summed E-state index contributed by atoms with van der Waals surface area (Å²) in [5, 5.41) is 2.98. The molecule has 24 heavy (non-hydrogen) atoms. The van der Waals surface area contributed by atoms with E-state index in [9.17, 15) is 4.79 Å². The van der Waals surface area contributed by atoms with Gasteiger partial charge in [0.05, 0.1) is 5.57 Å². The minimum absolute atomic E-state index is 0.00198. The Morgan fingerprint density at radius 2 is 2.12 bits per heavy atom. The molecule has 2 aromatic rings. The molecule has 124 valence electrons. The standard InChI is InChI=1S/C21H24N2O/c1-3-13-8-9-20-17(10-13)18(21(24)23-20)12-15-11-16-14(4-2)6-5-7-19(16)22-15/h8-12,14,22H,3-7H2,1-2H3,(H,23,24). The van der Waals surface area contributed by atoms with Gasteiger partial charge in [-0.3, -0.25) is 4.79 Å². The molecule has 0 bridgehead atoms. The van der Waals surface area contributed by atoms with E-state index in [1.54, 1.807) is 0 Å². The number of hydrogen-bond donors (Lipinski definition) is 2. The molecule has 1 aliphatic heterocycles. The summed E-state index contributed by atoms with van der Waals surface area (Å²) in [6.45, 7) is 4.40. The van der Waals surface area contributed by atoms with Crippen LogP contribution in [0.4, 0.5) is 5.69 Å². The highest BCUT2D eigenvalue weighted by Crippen LogP contribution is 2.37. The molecule has 2 aliphatic rings. The van der Waals surface area contributed by atoms with Crippen LogP contribution in [0.2, 0.25) is 0 Å². The Hall–Kier alpha value is -2.29. The molecule has 1 aliphatic carbocycles. The van der Waals surface area contributed by atoms with Crippen molar-refractivity contribution in [1.29, 1.82) is 0 Å². The van der Waals surface area contributed by atoms with Crippen molar-refractivity contribution in [3.8, 4) is 0 Å². The van der Waals surface area contributed by atoms with Crippen molar-refractivity contribution in [2.45, 2.75) is 51.9 Å². The molecule has 1 amide bonds. The third-order valence-corrected chi connectivity index (χ3v) is 5.44. The van der Waals surface area contributed by atoms with Gasteiger partial charge < -0.3 is 10.3 Å². The second kappa shape index (κ2) is 5.97. The molecule has 4 rings (SSSR count). The Kier molecular flexibility index (Phi) is 3.79. The Morgan fingerprint density at radius 3 is 2.92 bits per heavy atom. The van der Waals surface area contributed by atoms with Gasteiger partial charge in [0, 0.05) is 22.6 Å².